The number of carbonyl (C=O) groups is 4. The van der Waals surface area contributed by atoms with E-state index in [0.29, 0.717) is 12.2 Å². The SMILES string of the molecule is CO[C@H]1/C=C/O[C@@]2(C)Oc3c(C)c(O)c4c(c3C2=O)-c2nc(CC(C)C)[nH]c2C(=NC(=O)/C(C)=C\C=C\[C@H](C)[C@H](O)[C@@H](C)[C@@H](O)[C@@H](C)[C@H](OC(C)=O)[C@@H]1C)C4=O. The number of amides is 1. The maximum atomic E-state index is 14.4. The second-order valence-electron chi connectivity index (χ2n) is 15.8. The Morgan fingerprint density at radius 3 is 2.30 bits per heavy atom. The zero-order chi connectivity index (χ0) is 41.5. The molecule has 4 N–H and O–H groups in total. The minimum absolute atomic E-state index is 0.00166. The lowest BCUT2D eigenvalue weighted by Crippen LogP contribution is -2.46. The number of aliphatic imine (C=N–C) groups is 1. The quantitative estimate of drug-likeness (QED) is 0.290. The number of benzene rings is 1. The summed E-state index contributed by atoms with van der Waals surface area (Å²) in [5, 5.41) is 34.4. The van der Waals surface area contributed by atoms with Gasteiger partial charge in [-0.1, -0.05) is 59.8 Å². The minimum Gasteiger partial charge on any atom is -0.507 e. The number of aromatic hydroxyl groups is 1. The van der Waals surface area contributed by atoms with Crippen LogP contribution in [0.15, 0.2) is 41.1 Å². The zero-order valence-electron chi connectivity index (χ0n) is 33.8. The third kappa shape index (κ3) is 7.74. The maximum Gasteiger partial charge on any atom is 0.312 e. The molecule has 2 aromatic rings. The van der Waals surface area contributed by atoms with Gasteiger partial charge in [-0.3, -0.25) is 19.2 Å². The number of hydrogen-bond donors (Lipinski definition) is 4. The number of nitrogens with zero attached hydrogens (tertiary/aromatic N) is 2. The molecule has 14 nitrogen and oxygen atoms in total. The van der Waals surface area contributed by atoms with Crippen molar-refractivity contribution in [3.63, 3.8) is 0 Å². The Labute approximate surface area is 326 Å². The fourth-order valence-electron chi connectivity index (χ4n) is 7.67. The lowest BCUT2D eigenvalue weighted by molar-refractivity contribution is -0.160. The number of aliphatic hydroxyl groups excluding tert-OH is 2. The molecule has 14 heteroatoms. The van der Waals surface area contributed by atoms with Gasteiger partial charge in [0, 0.05) is 67.7 Å². The van der Waals surface area contributed by atoms with Crippen molar-refractivity contribution < 1.29 is 53.4 Å². The summed E-state index contributed by atoms with van der Waals surface area (Å²) in [6, 6.07) is 0. The number of aliphatic hydroxyl groups is 2. The van der Waals surface area contributed by atoms with Crippen LogP contribution in [-0.2, 0) is 30.2 Å². The summed E-state index contributed by atoms with van der Waals surface area (Å²) in [7, 11) is 1.45. The van der Waals surface area contributed by atoms with E-state index in [2.05, 4.69) is 9.98 Å². The molecule has 5 rings (SSSR count). The Morgan fingerprint density at radius 1 is 1.00 bits per heavy atom. The van der Waals surface area contributed by atoms with Crippen molar-refractivity contribution in [3.8, 4) is 22.8 Å². The number of nitrogens with one attached hydrogen (secondary N) is 1. The summed E-state index contributed by atoms with van der Waals surface area (Å²) >= 11 is 0. The molecule has 3 heterocycles. The first-order valence-electron chi connectivity index (χ1n) is 18.9. The molecule has 9 atom stereocenters. The van der Waals surface area contributed by atoms with Gasteiger partial charge in [0.05, 0.1) is 47.1 Å². The number of carbonyl (C=O) groups excluding carboxylic acids is 4. The molecule has 1 amide bonds. The van der Waals surface area contributed by atoms with E-state index in [1.54, 1.807) is 39.8 Å². The number of allylic oxidation sites excluding steroid dienone is 2. The van der Waals surface area contributed by atoms with E-state index in [1.165, 1.54) is 53.2 Å². The molecule has 0 fully saturated rings. The Hall–Kier alpha value is -4.92. The van der Waals surface area contributed by atoms with Gasteiger partial charge in [-0.2, -0.15) is 0 Å². The number of phenolic OH excluding ortho intramolecular Hbond substituents is 1. The van der Waals surface area contributed by atoms with E-state index in [1.807, 2.05) is 13.8 Å². The lowest BCUT2D eigenvalue weighted by atomic mass is 9.78. The van der Waals surface area contributed by atoms with Gasteiger partial charge in [0.15, 0.2) is 0 Å². The predicted octanol–water partition coefficient (Wildman–Crippen LogP) is 5.35. The smallest absolute Gasteiger partial charge is 0.312 e. The van der Waals surface area contributed by atoms with Gasteiger partial charge in [-0.05, 0) is 25.8 Å². The second kappa shape index (κ2) is 16.3. The zero-order valence-corrected chi connectivity index (χ0v) is 33.8. The number of Topliss-reactive ketones (excluding diaryl/α,β-unsaturated/α-hetero) is 2. The molecule has 1 aromatic heterocycles. The van der Waals surface area contributed by atoms with E-state index in [4.69, 9.17) is 23.9 Å². The third-order valence-corrected chi connectivity index (χ3v) is 11.0. The van der Waals surface area contributed by atoms with E-state index in [0.717, 1.165) is 0 Å². The van der Waals surface area contributed by atoms with Crippen molar-refractivity contribution in [1.82, 2.24) is 9.97 Å². The Bertz CT molecular complexity index is 2040. The van der Waals surface area contributed by atoms with Crippen LogP contribution >= 0.6 is 0 Å². The summed E-state index contributed by atoms with van der Waals surface area (Å²) in [6.45, 7) is 16.6. The first-order chi connectivity index (χ1) is 26.2. The Balaban J connectivity index is 1.71. The van der Waals surface area contributed by atoms with Gasteiger partial charge >= 0.3 is 11.8 Å². The van der Waals surface area contributed by atoms with Gasteiger partial charge in [0.25, 0.3) is 11.7 Å². The average Bonchev–Trinajstić information content (AvgIpc) is 3.67. The highest BCUT2D eigenvalue weighted by atomic mass is 16.7. The van der Waals surface area contributed by atoms with Crippen molar-refractivity contribution in [3.05, 3.63) is 64.3 Å². The van der Waals surface area contributed by atoms with Crippen molar-refractivity contribution in [2.75, 3.05) is 7.11 Å². The summed E-state index contributed by atoms with van der Waals surface area (Å²) in [5.41, 5.74) is 0.0294. The van der Waals surface area contributed by atoms with Crippen LogP contribution in [0.5, 0.6) is 11.5 Å². The van der Waals surface area contributed by atoms with Gasteiger partial charge in [-0.15, -0.1) is 0 Å². The number of fused-ring (bicyclic) bond motifs is 4. The molecule has 1 aromatic carbocycles. The molecule has 0 saturated heterocycles. The number of methoxy groups -OCH3 is 1. The van der Waals surface area contributed by atoms with Gasteiger partial charge in [0.2, 0.25) is 5.78 Å². The number of ether oxygens (including phenoxy) is 4. The van der Waals surface area contributed by atoms with Crippen LogP contribution in [-0.4, -0.2) is 91.8 Å². The standard InChI is InChI=1S/C42H53N3O11/c1-18(2)17-27-43-31-28-29-36(49)24(8)39-30(28)40(51)42(10,56-39)54-16-15-26(53-11)21(5)38(55-25(9)46)23(7)35(48)22(6)34(47)19(3)13-12-14-20(4)41(52)45-33(37(29)50)32(31)44-27/h12-16,18-19,21-23,26,34-35,38,47-49H,17H2,1-11H3,(H,43,44)/b13-12+,16-15+,20-14-,45-33?/t19-,21+,22+,23+,26-,34-,35+,38+,42-/m0/s1. The van der Waals surface area contributed by atoms with Crippen LogP contribution in [0.3, 0.4) is 0 Å². The van der Waals surface area contributed by atoms with Crippen LogP contribution in [0.4, 0.5) is 0 Å². The highest BCUT2D eigenvalue weighted by Gasteiger charge is 2.52. The van der Waals surface area contributed by atoms with Crippen LogP contribution < -0.4 is 4.74 Å². The number of hydrogen-bond acceptors (Lipinski definition) is 12. The number of rotatable bonds is 4. The summed E-state index contributed by atoms with van der Waals surface area (Å²) < 4.78 is 23.7. The van der Waals surface area contributed by atoms with Crippen LogP contribution in [0.25, 0.3) is 11.3 Å². The Morgan fingerprint density at radius 2 is 1.68 bits per heavy atom. The first-order valence-corrected chi connectivity index (χ1v) is 18.9. The number of imidazole rings is 1. The molecule has 5 bridgehead atoms. The van der Waals surface area contributed by atoms with Crippen LogP contribution in [0.2, 0.25) is 0 Å². The van der Waals surface area contributed by atoms with Gasteiger partial charge < -0.3 is 39.3 Å². The summed E-state index contributed by atoms with van der Waals surface area (Å²) in [4.78, 5) is 66.9. The number of ketones is 2. The fraction of sp³-hybridized carbons (Fsp3) is 0.524. The molecule has 1 aliphatic carbocycles. The van der Waals surface area contributed by atoms with Crippen LogP contribution in [0.1, 0.15) is 100 Å². The number of phenols is 1. The van der Waals surface area contributed by atoms with Crippen molar-refractivity contribution in [1.29, 1.82) is 0 Å². The van der Waals surface area contributed by atoms with Crippen molar-refractivity contribution >= 4 is 29.2 Å². The number of H-pyrrole nitrogens is 1. The predicted molar refractivity (Wildman–Crippen MR) is 206 cm³/mol. The second-order valence-corrected chi connectivity index (χ2v) is 15.8. The first kappa shape index (κ1) is 42.2. The molecule has 0 radical (unpaired) electrons. The number of esters is 1. The maximum absolute atomic E-state index is 14.4. The molecule has 0 saturated carbocycles. The molecule has 2 aliphatic heterocycles. The fourth-order valence-corrected chi connectivity index (χ4v) is 7.67. The van der Waals surface area contributed by atoms with E-state index in [9.17, 15) is 34.5 Å². The average molecular weight is 776 g/mol. The lowest BCUT2D eigenvalue weighted by Gasteiger charge is -2.38. The van der Waals surface area contributed by atoms with Crippen LogP contribution in [0, 0.1) is 36.5 Å². The van der Waals surface area contributed by atoms with E-state index in [-0.39, 0.29) is 56.6 Å². The number of aromatic nitrogens is 2. The summed E-state index contributed by atoms with van der Waals surface area (Å²) in [5.74, 6) is -6.97. The normalized spacial score (nSPS) is 31.9. The Kier molecular flexibility index (Phi) is 12.3. The molecule has 0 spiro atoms. The molecular weight excluding hydrogens is 722 g/mol. The largest absolute Gasteiger partial charge is 0.507 e. The molecule has 0 unspecified atom stereocenters. The third-order valence-electron chi connectivity index (χ3n) is 11.0. The minimum atomic E-state index is -1.97. The topological polar surface area (TPSA) is 207 Å². The molecule has 3 aliphatic rings. The molecular formula is C42H53N3O11. The highest BCUT2D eigenvalue weighted by molar-refractivity contribution is 6.56. The summed E-state index contributed by atoms with van der Waals surface area (Å²) in [6.07, 6.45) is 4.19. The van der Waals surface area contributed by atoms with Gasteiger partial charge in [0.1, 0.15) is 29.1 Å². The number of aromatic amines is 1. The highest BCUT2D eigenvalue weighted by Crippen LogP contribution is 2.51. The van der Waals surface area contributed by atoms with Crippen molar-refractivity contribution in [2.45, 2.75) is 106 Å². The monoisotopic (exact) mass is 775 g/mol. The van der Waals surface area contributed by atoms with E-state index < -0.39 is 83.1 Å². The molecule has 302 valence electrons. The van der Waals surface area contributed by atoms with E-state index >= 15 is 0 Å². The van der Waals surface area contributed by atoms with Crippen molar-refractivity contribution in [2.24, 2.45) is 34.6 Å². The van der Waals surface area contributed by atoms with Gasteiger partial charge in [-0.25, -0.2) is 9.98 Å². The molecule has 56 heavy (non-hydrogen) atoms.